The Morgan fingerprint density at radius 3 is 2.56 bits per heavy atom. The van der Waals surface area contributed by atoms with Crippen LogP contribution in [-0.2, 0) is 13.0 Å². The molecule has 172 valence electrons. The molecule has 1 aliphatic rings. The van der Waals surface area contributed by atoms with E-state index < -0.39 is 0 Å². The first-order valence-corrected chi connectivity index (χ1v) is 12.1. The smallest absolute Gasteiger partial charge is 0.261 e. The molecule has 5 rings (SSSR count). The van der Waals surface area contributed by atoms with Crippen LogP contribution in [0.5, 0.6) is 17.2 Å². The third-order valence-corrected chi connectivity index (χ3v) is 6.75. The predicted octanol–water partition coefficient (Wildman–Crippen LogP) is 5.21. The van der Waals surface area contributed by atoms with Crippen LogP contribution in [0.25, 0.3) is 22.5 Å². The zero-order chi connectivity index (χ0) is 23.7. The maximum atomic E-state index is 13.9. The lowest BCUT2D eigenvalue weighted by molar-refractivity contribution is 0.171. The van der Waals surface area contributed by atoms with Crippen LogP contribution in [0.3, 0.4) is 0 Å². The number of nitrogens with zero attached hydrogens (tertiary/aromatic N) is 2. The highest BCUT2D eigenvalue weighted by Gasteiger charge is 2.21. The van der Waals surface area contributed by atoms with E-state index in [1.807, 2.05) is 67.6 Å². The van der Waals surface area contributed by atoms with Crippen molar-refractivity contribution in [3.8, 4) is 39.8 Å². The number of aromatic hydroxyl groups is 1. The SMILES string of the molecule is Cc1nc(-c2cccc(I)c2O)n(CCc2ccccc2)c(=O)c1-c1ccc2c(c1)OCCO2. The Morgan fingerprint density at radius 1 is 1.00 bits per heavy atom. The molecule has 1 aliphatic heterocycles. The second kappa shape index (κ2) is 9.50. The van der Waals surface area contributed by atoms with E-state index >= 15 is 0 Å². The molecule has 34 heavy (non-hydrogen) atoms. The Hall–Kier alpha value is -3.33. The van der Waals surface area contributed by atoms with Crippen LogP contribution in [0, 0.1) is 10.5 Å². The van der Waals surface area contributed by atoms with Crippen molar-refractivity contribution < 1.29 is 14.6 Å². The van der Waals surface area contributed by atoms with Gasteiger partial charge in [0.25, 0.3) is 5.56 Å². The average Bonchev–Trinajstić information content (AvgIpc) is 2.85. The number of ether oxygens (including phenoxy) is 2. The lowest BCUT2D eigenvalue weighted by Crippen LogP contribution is -2.27. The second-order valence-electron chi connectivity index (χ2n) is 8.08. The molecule has 0 radical (unpaired) electrons. The maximum absolute atomic E-state index is 13.9. The number of fused-ring (bicyclic) bond motifs is 1. The number of phenolic OH excluding ortho intramolecular Hbond substituents is 1. The summed E-state index contributed by atoms with van der Waals surface area (Å²) in [6.07, 6.45) is 0.657. The quantitative estimate of drug-likeness (QED) is 0.336. The third kappa shape index (κ3) is 4.27. The first-order valence-electron chi connectivity index (χ1n) is 11.1. The maximum Gasteiger partial charge on any atom is 0.261 e. The van der Waals surface area contributed by atoms with Crippen LogP contribution < -0.4 is 15.0 Å². The Labute approximate surface area is 211 Å². The van der Waals surface area contributed by atoms with E-state index in [1.165, 1.54) is 0 Å². The van der Waals surface area contributed by atoms with Crippen LogP contribution in [0.1, 0.15) is 11.3 Å². The standard InChI is InChI=1S/C27H23IN2O4/c1-17-24(19-10-11-22-23(16-19)34-15-14-33-22)27(32)30(13-12-18-6-3-2-4-7-18)26(29-17)20-8-5-9-21(28)25(20)31/h2-11,16,31H,12-15H2,1H3. The van der Waals surface area contributed by atoms with Crippen molar-refractivity contribution in [2.45, 2.75) is 19.9 Å². The fourth-order valence-corrected chi connectivity index (χ4v) is 4.68. The van der Waals surface area contributed by atoms with Crippen LogP contribution in [-0.4, -0.2) is 27.9 Å². The summed E-state index contributed by atoms with van der Waals surface area (Å²) in [5, 5.41) is 10.8. The normalized spacial score (nSPS) is 12.5. The van der Waals surface area contributed by atoms with Crippen molar-refractivity contribution in [1.82, 2.24) is 9.55 Å². The number of aromatic nitrogens is 2. The summed E-state index contributed by atoms with van der Waals surface area (Å²) in [6, 6.07) is 21.0. The molecule has 3 aromatic carbocycles. The molecule has 0 unspecified atom stereocenters. The zero-order valence-electron chi connectivity index (χ0n) is 18.6. The Balaban J connectivity index is 1.67. The molecule has 1 N–H and O–H groups in total. The lowest BCUT2D eigenvalue weighted by atomic mass is 10.0. The third-order valence-electron chi connectivity index (χ3n) is 5.88. The highest BCUT2D eigenvalue weighted by molar-refractivity contribution is 14.1. The number of phenols is 1. The summed E-state index contributed by atoms with van der Waals surface area (Å²) >= 11 is 2.08. The van der Waals surface area contributed by atoms with Crippen LogP contribution in [0.15, 0.2) is 71.5 Å². The zero-order valence-corrected chi connectivity index (χ0v) is 20.8. The van der Waals surface area contributed by atoms with Crippen LogP contribution in [0.2, 0.25) is 0 Å². The van der Waals surface area contributed by atoms with E-state index in [4.69, 9.17) is 14.5 Å². The van der Waals surface area contributed by atoms with Gasteiger partial charge in [-0.25, -0.2) is 4.98 Å². The molecule has 6 nitrogen and oxygen atoms in total. The fourth-order valence-electron chi connectivity index (χ4n) is 4.19. The Morgan fingerprint density at radius 2 is 1.76 bits per heavy atom. The Kier molecular flexibility index (Phi) is 6.28. The summed E-state index contributed by atoms with van der Waals surface area (Å²) in [5.74, 6) is 1.87. The minimum absolute atomic E-state index is 0.120. The van der Waals surface area contributed by atoms with Gasteiger partial charge in [0.15, 0.2) is 11.5 Å². The first kappa shape index (κ1) is 22.5. The number of halogens is 1. The molecule has 0 fully saturated rings. The van der Waals surface area contributed by atoms with Gasteiger partial charge < -0.3 is 14.6 Å². The van der Waals surface area contributed by atoms with Crippen molar-refractivity contribution in [1.29, 1.82) is 0 Å². The number of para-hydroxylation sites is 1. The molecular formula is C27H23IN2O4. The van der Waals surface area contributed by atoms with Gasteiger partial charge in [0.05, 0.1) is 20.4 Å². The van der Waals surface area contributed by atoms with Gasteiger partial charge in [-0.15, -0.1) is 0 Å². The summed E-state index contributed by atoms with van der Waals surface area (Å²) in [6.45, 7) is 3.23. The van der Waals surface area contributed by atoms with E-state index in [0.717, 1.165) is 11.1 Å². The van der Waals surface area contributed by atoms with Gasteiger partial charge in [-0.05, 0) is 71.3 Å². The highest BCUT2D eigenvalue weighted by atomic mass is 127. The molecule has 7 heteroatoms. The number of hydrogen-bond acceptors (Lipinski definition) is 5. The number of benzene rings is 3. The van der Waals surface area contributed by atoms with Crippen molar-refractivity contribution >= 4 is 22.6 Å². The predicted molar refractivity (Wildman–Crippen MR) is 140 cm³/mol. The molecule has 4 aromatic rings. The van der Waals surface area contributed by atoms with Crippen molar-refractivity contribution in [3.63, 3.8) is 0 Å². The molecule has 0 saturated heterocycles. The van der Waals surface area contributed by atoms with E-state index in [1.54, 1.807) is 10.6 Å². The Bertz CT molecular complexity index is 1420. The molecule has 0 atom stereocenters. The van der Waals surface area contributed by atoms with Gasteiger partial charge in [0, 0.05) is 6.54 Å². The largest absolute Gasteiger partial charge is 0.506 e. The summed E-state index contributed by atoms with van der Waals surface area (Å²) in [7, 11) is 0. The van der Waals surface area contributed by atoms with E-state index in [9.17, 15) is 9.90 Å². The number of aryl methyl sites for hydroxylation is 2. The molecular weight excluding hydrogens is 543 g/mol. The average molecular weight is 566 g/mol. The number of rotatable bonds is 5. The summed E-state index contributed by atoms with van der Waals surface area (Å²) < 4.78 is 13.7. The van der Waals surface area contributed by atoms with Gasteiger partial charge in [-0.2, -0.15) is 0 Å². The minimum atomic E-state index is -0.159. The van der Waals surface area contributed by atoms with Crippen LogP contribution >= 0.6 is 22.6 Å². The second-order valence-corrected chi connectivity index (χ2v) is 9.24. The van der Waals surface area contributed by atoms with Crippen molar-refractivity contribution in [2.24, 2.45) is 0 Å². The molecule has 0 saturated carbocycles. The van der Waals surface area contributed by atoms with Gasteiger partial charge in [0.2, 0.25) is 0 Å². The van der Waals surface area contributed by atoms with Crippen LogP contribution in [0.4, 0.5) is 0 Å². The van der Waals surface area contributed by atoms with E-state index in [-0.39, 0.29) is 11.3 Å². The highest BCUT2D eigenvalue weighted by Crippen LogP contribution is 2.36. The van der Waals surface area contributed by atoms with Gasteiger partial charge in [-0.3, -0.25) is 9.36 Å². The van der Waals surface area contributed by atoms with E-state index in [0.29, 0.717) is 63.9 Å². The van der Waals surface area contributed by atoms with Crippen molar-refractivity contribution in [3.05, 3.63) is 91.9 Å². The first-order chi connectivity index (χ1) is 16.5. The summed E-state index contributed by atoms with van der Waals surface area (Å²) in [5.41, 5.74) is 3.33. The van der Waals surface area contributed by atoms with Gasteiger partial charge in [-0.1, -0.05) is 42.5 Å². The van der Waals surface area contributed by atoms with E-state index in [2.05, 4.69) is 22.6 Å². The topological polar surface area (TPSA) is 73.6 Å². The lowest BCUT2D eigenvalue weighted by Gasteiger charge is -2.20. The number of hydrogen-bond donors (Lipinski definition) is 1. The molecule has 0 amide bonds. The molecule has 2 heterocycles. The molecule has 0 spiro atoms. The molecule has 0 bridgehead atoms. The summed E-state index contributed by atoms with van der Waals surface area (Å²) in [4.78, 5) is 18.8. The molecule has 1 aromatic heterocycles. The van der Waals surface area contributed by atoms with Crippen molar-refractivity contribution in [2.75, 3.05) is 13.2 Å². The minimum Gasteiger partial charge on any atom is -0.506 e. The monoisotopic (exact) mass is 566 g/mol. The van der Waals surface area contributed by atoms with Gasteiger partial charge in [0.1, 0.15) is 24.8 Å². The van der Waals surface area contributed by atoms with Gasteiger partial charge >= 0.3 is 0 Å². The molecule has 0 aliphatic carbocycles. The fraction of sp³-hybridized carbons (Fsp3) is 0.185.